The zero-order valence-corrected chi connectivity index (χ0v) is 22.1. The molecule has 3 aliphatic heterocycles. The summed E-state index contributed by atoms with van der Waals surface area (Å²) in [6.07, 6.45) is 9.80. The first kappa shape index (κ1) is 24.2. The van der Waals surface area contributed by atoms with Gasteiger partial charge in [-0.2, -0.15) is 0 Å². The Morgan fingerprint density at radius 1 is 1.00 bits per heavy atom. The summed E-state index contributed by atoms with van der Waals surface area (Å²) in [4.78, 5) is 13.0. The lowest BCUT2D eigenvalue weighted by Crippen LogP contribution is -2.73. The average Bonchev–Trinajstić information content (AvgIpc) is 3.21. The van der Waals surface area contributed by atoms with Gasteiger partial charge in [0, 0.05) is 28.2 Å². The fourth-order valence-electron chi connectivity index (χ4n) is 10.8. The van der Waals surface area contributed by atoms with Crippen molar-refractivity contribution in [3.8, 4) is 0 Å². The minimum atomic E-state index is -1.01. The highest BCUT2D eigenvalue weighted by atomic mass is 16.6. The molecule has 3 heterocycles. The van der Waals surface area contributed by atoms with Crippen LogP contribution in [0.25, 0.3) is 0 Å². The summed E-state index contributed by atoms with van der Waals surface area (Å²) in [5.41, 5.74) is 1.24. The van der Waals surface area contributed by atoms with Crippen molar-refractivity contribution in [2.24, 2.45) is 45.3 Å². The van der Waals surface area contributed by atoms with E-state index in [1.165, 1.54) is 0 Å². The largest absolute Gasteiger partial charge is 0.462 e. The van der Waals surface area contributed by atoms with E-state index >= 15 is 0 Å². The maximum absolute atomic E-state index is 13.0. The lowest BCUT2D eigenvalue weighted by atomic mass is 9.34. The third-order valence-electron chi connectivity index (χ3n) is 12.8. The number of carbonyl (C=O) groups is 1. The van der Waals surface area contributed by atoms with Gasteiger partial charge in [-0.3, -0.25) is 0 Å². The van der Waals surface area contributed by atoms with E-state index in [9.17, 15) is 15.0 Å². The predicted molar refractivity (Wildman–Crippen MR) is 133 cm³/mol. The lowest BCUT2D eigenvalue weighted by Gasteiger charge is -2.74. The van der Waals surface area contributed by atoms with Gasteiger partial charge >= 0.3 is 5.97 Å². The lowest BCUT2D eigenvalue weighted by molar-refractivity contribution is -0.399. The zero-order valence-electron chi connectivity index (χ0n) is 22.1. The van der Waals surface area contributed by atoms with Gasteiger partial charge in [0.15, 0.2) is 5.79 Å². The van der Waals surface area contributed by atoms with E-state index in [0.29, 0.717) is 49.4 Å². The highest BCUT2D eigenvalue weighted by Gasteiger charge is 2.75. The normalized spacial score (nSPS) is 53.0. The van der Waals surface area contributed by atoms with Crippen LogP contribution in [0.4, 0.5) is 0 Å². The molecule has 4 aliphatic carbocycles. The molecule has 0 aromatic carbocycles. The molecule has 7 aliphatic rings. The van der Waals surface area contributed by atoms with Crippen molar-refractivity contribution in [1.82, 2.24) is 0 Å². The minimum Gasteiger partial charge on any atom is -0.462 e. The summed E-state index contributed by atoms with van der Waals surface area (Å²) < 4.78 is 12.5. The smallest absolute Gasteiger partial charge is 0.333 e. The van der Waals surface area contributed by atoms with Crippen LogP contribution in [0.5, 0.6) is 0 Å². The Bertz CT molecular complexity index is 971. The standard InChI is InChI=1S/C30H44O5/c1-18-6-8-22(31)19(2)20-10-13-29(17-34-25(18)32)21(20)7-9-24-27(29,5)12-11-23-26(3,4)30(33)15-14-28(23,24)16-35-30/h6,20-24,31,33H,2,7-17H2,1,3-5H3/t20-,21-,22+,23?,24+,27-,28-,29+,30-/m1/s1. The average molecular weight is 485 g/mol. The second-order valence-corrected chi connectivity index (χ2v) is 13.9. The Labute approximate surface area is 210 Å². The Morgan fingerprint density at radius 3 is 2.49 bits per heavy atom. The van der Waals surface area contributed by atoms with Crippen molar-refractivity contribution in [2.75, 3.05) is 13.2 Å². The molecule has 9 atom stereocenters. The molecule has 5 nitrogen and oxygen atoms in total. The molecule has 0 aromatic rings. The maximum Gasteiger partial charge on any atom is 0.333 e. The number of aliphatic hydroxyl groups excluding tert-OH is 1. The van der Waals surface area contributed by atoms with Crippen LogP contribution in [0.1, 0.15) is 85.5 Å². The summed E-state index contributed by atoms with van der Waals surface area (Å²) in [7, 11) is 0. The number of carbonyl (C=O) groups excluding carboxylic acids is 1. The van der Waals surface area contributed by atoms with Crippen LogP contribution >= 0.6 is 0 Å². The molecule has 1 spiro atoms. The molecule has 2 N–H and O–H groups in total. The molecule has 6 fully saturated rings. The van der Waals surface area contributed by atoms with Gasteiger partial charge in [-0.05, 0) is 93.0 Å². The van der Waals surface area contributed by atoms with Crippen LogP contribution in [0.3, 0.4) is 0 Å². The van der Waals surface area contributed by atoms with Crippen molar-refractivity contribution in [3.05, 3.63) is 23.8 Å². The highest BCUT2D eigenvalue weighted by Crippen LogP contribution is 2.78. The summed E-state index contributed by atoms with van der Waals surface area (Å²) >= 11 is 0. The fourth-order valence-corrected chi connectivity index (χ4v) is 10.8. The Kier molecular flexibility index (Phi) is 5.15. The van der Waals surface area contributed by atoms with Gasteiger partial charge < -0.3 is 19.7 Å². The number of esters is 1. The molecule has 2 saturated heterocycles. The second kappa shape index (κ2) is 7.45. The maximum atomic E-state index is 13.0. The van der Waals surface area contributed by atoms with Crippen molar-refractivity contribution in [2.45, 2.75) is 97.4 Å². The third kappa shape index (κ3) is 2.84. The quantitative estimate of drug-likeness (QED) is 0.367. The van der Waals surface area contributed by atoms with Gasteiger partial charge in [0.2, 0.25) is 0 Å². The van der Waals surface area contributed by atoms with E-state index in [0.717, 1.165) is 50.5 Å². The van der Waals surface area contributed by atoms with E-state index in [-0.39, 0.29) is 33.5 Å². The summed E-state index contributed by atoms with van der Waals surface area (Å²) in [6.45, 7) is 14.3. The third-order valence-corrected chi connectivity index (χ3v) is 12.8. The monoisotopic (exact) mass is 484 g/mol. The molecule has 0 amide bonds. The Balaban J connectivity index is 1.44. The zero-order chi connectivity index (χ0) is 25.0. The van der Waals surface area contributed by atoms with Crippen LogP contribution in [-0.2, 0) is 14.3 Å². The molecular formula is C30H44O5. The predicted octanol–water partition coefficient (Wildman–Crippen LogP) is 5.16. The van der Waals surface area contributed by atoms with E-state index in [2.05, 4.69) is 27.4 Å². The van der Waals surface area contributed by atoms with Gasteiger partial charge in [0.1, 0.15) is 0 Å². The molecule has 0 radical (unpaired) electrons. The number of cyclic esters (lactones) is 1. The van der Waals surface area contributed by atoms with Crippen LogP contribution in [0, 0.1) is 45.3 Å². The Hall–Kier alpha value is -1.17. The number of hydrogen-bond donors (Lipinski definition) is 2. The van der Waals surface area contributed by atoms with Crippen LogP contribution in [-0.4, -0.2) is 41.3 Å². The van der Waals surface area contributed by atoms with Crippen LogP contribution < -0.4 is 0 Å². The molecule has 4 bridgehead atoms. The molecule has 194 valence electrons. The van der Waals surface area contributed by atoms with Crippen LogP contribution in [0.15, 0.2) is 23.8 Å². The number of hydrogen-bond acceptors (Lipinski definition) is 5. The molecule has 35 heavy (non-hydrogen) atoms. The van der Waals surface area contributed by atoms with Gasteiger partial charge in [-0.1, -0.05) is 33.4 Å². The van der Waals surface area contributed by atoms with Crippen molar-refractivity contribution >= 4 is 5.97 Å². The van der Waals surface area contributed by atoms with E-state index in [1.54, 1.807) is 6.92 Å². The number of fused-ring (bicyclic) bond motifs is 3. The molecule has 4 saturated carbocycles. The molecule has 7 rings (SSSR count). The van der Waals surface area contributed by atoms with Gasteiger partial charge in [-0.25, -0.2) is 4.79 Å². The molecular weight excluding hydrogens is 440 g/mol. The number of aliphatic hydroxyl groups is 2. The van der Waals surface area contributed by atoms with Crippen LogP contribution in [0.2, 0.25) is 0 Å². The van der Waals surface area contributed by atoms with E-state index in [4.69, 9.17) is 9.47 Å². The van der Waals surface area contributed by atoms with Crippen molar-refractivity contribution in [1.29, 1.82) is 0 Å². The first-order chi connectivity index (χ1) is 16.4. The van der Waals surface area contributed by atoms with E-state index < -0.39 is 11.9 Å². The van der Waals surface area contributed by atoms with Gasteiger partial charge in [-0.15, -0.1) is 0 Å². The minimum absolute atomic E-state index is 0.0184. The first-order valence-corrected chi connectivity index (χ1v) is 14.0. The highest BCUT2D eigenvalue weighted by molar-refractivity contribution is 5.87. The van der Waals surface area contributed by atoms with E-state index in [1.807, 2.05) is 6.08 Å². The van der Waals surface area contributed by atoms with Crippen molar-refractivity contribution < 1.29 is 24.5 Å². The van der Waals surface area contributed by atoms with Gasteiger partial charge in [0.05, 0.1) is 19.3 Å². The fraction of sp³-hybridized carbons (Fsp3) is 0.833. The summed E-state index contributed by atoms with van der Waals surface area (Å²) in [5.74, 6) is 0.318. The summed E-state index contributed by atoms with van der Waals surface area (Å²) in [6, 6.07) is 0. The van der Waals surface area contributed by atoms with Gasteiger partial charge in [0.25, 0.3) is 0 Å². The molecule has 1 unspecified atom stereocenters. The number of rotatable bonds is 0. The second-order valence-electron chi connectivity index (χ2n) is 13.9. The number of ether oxygens (including phenoxy) is 2. The van der Waals surface area contributed by atoms with Crippen molar-refractivity contribution in [3.63, 3.8) is 0 Å². The molecule has 5 heteroatoms. The SMILES string of the molecule is C=C1[C@H]2CC[C@]3(COC(=O)C(C)=CC[C@@H]1O)[C@@H]2CC[C@@H]1[C@]24CC[C@@](O)(OC2)C(C)(C)C4CC[C@]13C. The topological polar surface area (TPSA) is 76.0 Å². The summed E-state index contributed by atoms with van der Waals surface area (Å²) in [5, 5.41) is 22.4. The first-order valence-electron chi connectivity index (χ1n) is 14.0. The molecule has 0 aromatic heterocycles. The Morgan fingerprint density at radius 2 is 1.77 bits per heavy atom.